The predicted octanol–water partition coefficient (Wildman–Crippen LogP) is 4.19. The molecule has 1 aromatic rings. The highest BCUT2D eigenvalue weighted by Crippen LogP contribution is 2.27. The average Bonchev–Trinajstić information content (AvgIpc) is 3.12. The summed E-state index contributed by atoms with van der Waals surface area (Å²) in [6.45, 7) is 4.05. The Kier molecular flexibility index (Phi) is 7.01. The maximum absolute atomic E-state index is 12.9. The van der Waals surface area contributed by atoms with Gasteiger partial charge in [0.05, 0.1) is 23.3 Å². The van der Waals surface area contributed by atoms with Crippen LogP contribution in [0.4, 0.5) is 5.69 Å². The molecule has 2 amide bonds. The number of nitrogens with one attached hydrogen (secondary N) is 1. The normalized spacial score (nSPS) is 23.4. The number of rotatable bonds is 5. The van der Waals surface area contributed by atoms with Gasteiger partial charge in [-0.15, -0.1) is 0 Å². The van der Waals surface area contributed by atoms with Crippen LogP contribution in [-0.4, -0.2) is 53.3 Å². The molecule has 1 N–H and O–H groups in total. The molecule has 2 fully saturated rings. The van der Waals surface area contributed by atoms with Crippen LogP contribution in [0.5, 0.6) is 0 Å². The molecule has 0 aliphatic carbocycles. The highest BCUT2D eigenvalue weighted by molar-refractivity contribution is 6.36. The zero-order chi connectivity index (χ0) is 19.4. The predicted molar refractivity (Wildman–Crippen MR) is 109 cm³/mol. The number of piperidine rings is 1. The van der Waals surface area contributed by atoms with Gasteiger partial charge in [-0.1, -0.05) is 30.1 Å². The SMILES string of the molecule is CC[C@H]1CCCCN1C(=O)CN1CCC[C@H]1C(=O)Nc1ccc(Cl)cc1Cl. The molecule has 0 aromatic heterocycles. The highest BCUT2D eigenvalue weighted by atomic mass is 35.5. The summed E-state index contributed by atoms with van der Waals surface area (Å²) in [5.41, 5.74) is 0.548. The van der Waals surface area contributed by atoms with Crippen LogP contribution in [0, 0.1) is 0 Å². The molecule has 0 saturated carbocycles. The van der Waals surface area contributed by atoms with Gasteiger partial charge in [-0.2, -0.15) is 0 Å². The minimum absolute atomic E-state index is 0.116. The molecule has 27 heavy (non-hydrogen) atoms. The van der Waals surface area contributed by atoms with Crippen molar-refractivity contribution < 1.29 is 9.59 Å². The van der Waals surface area contributed by atoms with Gasteiger partial charge in [0.2, 0.25) is 11.8 Å². The number of amides is 2. The second kappa shape index (κ2) is 9.26. The number of benzene rings is 1. The second-order valence-electron chi connectivity index (χ2n) is 7.39. The second-order valence-corrected chi connectivity index (χ2v) is 8.23. The van der Waals surface area contributed by atoms with E-state index >= 15 is 0 Å². The molecule has 1 aromatic carbocycles. The number of likely N-dealkylation sites (tertiary alicyclic amines) is 2. The molecule has 2 aliphatic rings. The number of hydrogen-bond donors (Lipinski definition) is 1. The Morgan fingerprint density at radius 3 is 2.70 bits per heavy atom. The van der Waals surface area contributed by atoms with Crippen LogP contribution in [0.15, 0.2) is 18.2 Å². The van der Waals surface area contributed by atoms with E-state index in [0.29, 0.717) is 28.3 Å². The molecule has 0 spiro atoms. The summed E-state index contributed by atoms with van der Waals surface area (Å²) in [5.74, 6) is 0.0287. The Morgan fingerprint density at radius 1 is 1.15 bits per heavy atom. The molecule has 2 atom stereocenters. The number of carbonyl (C=O) groups excluding carboxylic acids is 2. The number of halogens is 2. The third-order valence-electron chi connectivity index (χ3n) is 5.61. The van der Waals surface area contributed by atoms with Crippen molar-refractivity contribution in [1.29, 1.82) is 0 Å². The van der Waals surface area contributed by atoms with Crippen molar-refractivity contribution in [3.63, 3.8) is 0 Å². The molecular formula is C20H27Cl2N3O2. The van der Waals surface area contributed by atoms with Crippen molar-refractivity contribution in [3.05, 3.63) is 28.2 Å². The first kappa shape index (κ1) is 20.4. The lowest BCUT2D eigenvalue weighted by Gasteiger charge is -2.36. The van der Waals surface area contributed by atoms with Crippen LogP contribution in [0.3, 0.4) is 0 Å². The average molecular weight is 412 g/mol. The lowest BCUT2D eigenvalue weighted by Crippen LogP contribution is -2.50. The Morgan fingerprint density at radius 2 is 1.96 bits per heavy atom. The first-order chi connectivity index (χ1) is 13.0. The molecule has 5 nitrogen and oxygen atoms in total. The summed E-state index contributed by atoms with van der Waals surface area (Å²) >= 11 is 12.1. The van der Waals surface area contributed by atoms with Gasteiger partial charge >= 0.3 is 0 Å². The van der Waals surface area contributed by atoms with Gasteiger partial charge in [-0.3, -0.25) is 14.5 Å². The Labute approximate surface area is 171 Å². The molecule has 2 aliphatic heterocycles. The maximum atomic E-state index is 12.9. The quantitative estimate of drug-likeness (QED) is 0.789. The Hall–Kier alpha value is -1.30. The van der Waals surface area contributed by atoms with Crippen molar-refractivity contribution in [2.75, 3.05) is 25.0 Å². The number of carbonyl (C=O) groups is 2. The van der Waals surface area contributed by atoms with E-state index in [1.54, 1.807) is 18.2 Å². The van der Waals surface area contributed by atoms with Crippen molar-refractivity contribution in [2.24, 2.45) is 0 Å². The van der Waals surface area contributed by atoms with E-state index in [4.69, 9.17) is 23.2 Å². The summed E-state index contributed by atoms with van der Waals surface area (Å²) in [7, 11) is 0. The zero-order valence-electron chi connectivity index (χ0n) is 15.7. The van der Waals surface area contributed by atoms with Crippen LogP contribution in [0.2, 0.25) is 10.0 Å². The van der Waals surface area contributed by atoms with Gasteiger partial charge in [0.15, 0.2) is 0 Å². The summed E-state index contributed by atoms with van der Waals surface area (Å²) in [6, 6.07) is 5.04. The van der Waals surface area contributed by atoms with Crippen molar-refractivity contribution in [2.45, 2.75) is 57.5 Å². The number of anilines is 1. The standard InChI is InChI=1S/C20H27Cl2N3O2/c1-2-15-6-3-4-11-25(15)19(26)13-24-10-5-7-18(24)20(27)23-17-9-8-14(21)12-16(17)22/h8-9,12,15,18H,2-7,10-11,13H2,1H3,(H,23,27)/t15-,18-/m0/s1. The van der Waals surface area contributed by atoms with Crippen LogP contribution in [0.25, 0.3) is 0 Å². The number of hydrogen-bond acceptors (Lipinski definition) is 3. The van der Waals surface area contributed by atoms with Gasteiger partial charge in [-0.25, -0.2) is 0 Å². The molecule has 148 valence electrons. The summed E-state index contributed by atoms with van der Waals surface area (Å²) < 4.78 is 0. The lowest BCUT2D eigenvalue weighted by atomic mass is 10.00. The fourth-order valence-electron chi connectivity index (χ4n) is 4.14. The third kappa shape index (κ3) is 4.95. The molecule has 0 radical (unpaired) electrons. The monoisotopic (exact) mass is 411 g/mol. The fraction of sp³-hybridized carbons (Fsp3) is 0.600. The molecular weight excluding hydrogens is 385 g/mol. The van der Waals surface area contributed by atoms with E-state index in [9.17, 15) is 9.59 Å². The highest BCUT2D eigenvalue weighted by Gasteiger charge is 2.34. The van der Waals surface area contributed by atoms with Crippen LogP contribution in [0.1, 0.15) is 45.4 Å². The summed E-state index contributed by atoms with van der Waals surface area (Å²) in [4.78, 5) is 29.7. The minimum atomic E-state index is -0.300. The van der Waals surface area contributed by atoms with Crippen molar-refractivity contribution >= 4 is 40.7 Å². The van der Waals surface area contributed by atoms with Gasteiger partial charge in [0, 0.05) is 17.6 Å². The van der Waals surface area contributed by atoms with Crippen LogP contribution >= 0.6 is 23.2 Å². The molecule has 7 heteroatoms. The molecule has 0 unspecified atom stereocenters. The van der Waals surface area contributed by atoms with E-state index in [0.717, 1.165) is 45.2 Å². The molecule has 0 bridgehead atoms. The topological polar surface area (TPSA) is 52.7 Å². The third-order valence-corrected chi connectivity index (χ3v) is 6.16. The number of nitrogens with zero attached hydrogens (tertiary/aromatic N) is 2. The van der Waals surface area contributed by atoms with Gasteiger partial charge in [0.1, 0.15) is 0 Å². The van der Waals surface area contributed by atoms with E-state index in [1.165, 1.54) is 6.42 Å². The Bertz CT molecular complexity index is 698. The summed E-state index contributed by atoms with van der Waals surface area (Å²) in [5, 5.41) is 3.82. The van der Waals surface area contributed by atoms with Crippen molar-refractivity contribution in [3.8, 4) is 0 Å². The van der Waals surface area contributed by atoms with Crippen LogP contribution in [-0.2, 0) is 9.59 Å². The van der Waals surface area contributed by atoms with Gasteiger partial charge < -0.3 is 10.2 Å². The maximum Gasteiger partial charge on any atom is 0.241 e. The van der Waals surface area contributed by atoms with E-state index < -0.39 is 0 Å². The van der Waals surface area contributed by atoms with Crippen molar-refractivity contribution in [1.82, 2.24) is 9.80 Å². The van der Waals surface area contributed by atoms with E-state index in [-0.39, 0.29) is 17.9 Å². The minimum Gasteiger partial charge on any atom is -0.339 e. The largest absolute Gasteiger partial charge is 0.339 e. The van der Waals surface area contributed by atoms with Gasteiger partial charge in [-0.05, 0) is 63.3 Å². The lowest BCUT2D eigenvalue weighted by molar-refractivity contribution is -0.137. The van der Waals surface area contributed by atoms with E-state index in [1.807, 2.05) is 9.80 Å². The zero-order valence-corrected chi connectivity index (χ0v) is 17.2. The first-order valence-electron chi connectivity index (χ1n) is 9.79. The van der Waals surface area contributed by atoms with E-state index in [2.05, 4.69) is 12.2 Å². The fourth-order valence-corrected chi connectivity index (χ4v) is 4.59. The first-order valence-corrected chi connectivity index (χ1v) is 10.5. The molecule has 3 rings (SSSR count). The molecule has 2 saturated heterocycles. The summed E-state index contributed by atoms with van der Waals surface area (Å²) in [6.07, 6.45) is 6.00. The smallest absolute Gasteiger partial charge is 0.241 e. The molecule has 2 heterocycles. The van der Waals surface area contributed by atoms with Crippen LogP contribution < -0.4 is 5.32 Å². The Balaban J connectivity index is 1.62. The van der Waals surface area contributed by atoms with Gasteiger partial charge in [0.25, 0.3) is 0 Å².